The van der Waals surface area contributed by atoms with Gasteiger partial charge >= 0.3 is 0 Å². The molecule has 0 aromatic carbocycles. The molecule has 0 saturated carbocycles. The second-order valence-electron chi connectivity index (χ2n) is 31.4. The Morgan fingerprint density at radius 2 is 0.610 bits per heavy atom. The predicted molar refractivity (Wildman–Crippen MR) is 450 cm³/mol. The van der Waals surface area contributed by atoms with Gasteiger partial charge in [-0.25, -0.2) is 0 Å². The summed E-state index contributed by atoms with van der Waals surface area (Å²) in [4.78, 5) is 64.8. The Labute approximate surface area is 650 Å². The first-order valence-corrected chi connectivity index (χ1v) is 52.6. The maximum atomic E-state index is 11.3. The van der Waals surface area contributed by atoms with Crippen molar-refractivity contribution in [1.29, 1.82) is 0 Å². The molecule has 5 fully saturated rings. The number of rotatable bonds is 20. The molecule has 10 heterocycles. The van der Waals surface area contributed by atoms with Crippen molar-refractivity contribution < 1.29 is 73.2 Å². The molecule has 0 bridgehead atoms. The predicted octanol–water partition coefficient (Wildman–Crippen LogP) is 6.39. The first-order chi connectivity index (χ1) is 48.4. The highest BCUT2D eigenvalue weighted by molar-refractivity contribution is 14.1. The van der Waals surface area contributed by atoms with Crippen molar-refractivity contribution in [3.05, 3.63) is 123 Å². The Kier molecular flexibility index (Phi) is 32.7. The average Bonchev–Trinajstić information content (AvgIpc) is 1.70. The van der Waals surface area contributed by atoms with E-state index >= 15 is 0 Å². The van der Waals surface area contributed by atoms with Crippen molar-refractivity contribution in [1.82, 2.24) is 51.1 Å². The molecule has 25 nitrogen and oxygen atoms in total. The van der Waals surface area contributed by atoms with Gasteiger partial charge in [-0.15, -0.1) is 77.5 Å². The van der Waals surface area contributed by atoms with Gasteiger partial charge in [0.25, 0.3) is 29.5 Å². The van der Waals surface area contributed by atoms with E-state index in [2.05, 4.69) is 196 Å². The fourth-order valence-electron chi connectivity index (χ4n) is 12.4. The highest BCUT2D eigenvalue weighted by Gasteiger charge is 2.50. The summed E-state index contributed by atoms with van der Waals surface area (Å²) >= 11 is 12.0. The average molecular weight is 1760 g/mol. The summed E-state index contributed by atoms with van der Waals surface area (Å²) in [6, 6.07) is 0. The van der Waals surface area contributed by atoms with Gasteiger partial charge in [0.2, 0.25) is 0 Å². The van der Waals surface area contributed by atoms with Gasteiger partial charge < -0.3 is 100 Å². The number of hydrogen-bond donors (Lipinski definition) is 10. The number of carbonyl (C=O) groups is 5. The van der Waals surface area contributed by atoms with Crippen LogP contribution in [0.5, 0.6) is 0 Å². The van der Waals surface area contributed by atoms with Crippen LogP contribution in [-0.2, 0) is 47.7 Å². The van der Waals surface area contributed by atoms with Crippen molar-refractivity contribution in [3.63, 3.8) is 0 Å². The molecule has 10 N–H and O–H groups in total. The monoisotopic (exact) mass is 1760 g/mol. The zero-order valence-corrected chi connectivity index (χ0v) is 71.9. The van der Waals surface area contributed by atoms with Crippen LogP contribution in [0, 0.1) is 11.8 Å². The first kappa shape index (κ1) is 90.2. The van der Waals surface area contributed by atoms with Gasteiger partial charge in [-0.2, -0.15) is 0 Å². The first-order valence-electron chi connectivity index (χ1n) is 34.7. The van der Waals surface area contributed by atoms with Gasteiger partial charge in [0.1, 0.15) is 59.3 Å². The third-order valence-electron chi connectivity index (χ3n) is 18.5. The zero-order valence-electron chi connectivity index (χ0n) is 62.9. The normalized spacial score (nSPS) is 33.4. The lowest BCUT2D eigenvalue weighted by Crippen LogP contribution is -2.44. The van der Waals surface area contributed by atoms with E-state index in [9.17, 15) is 49.5 Å². The summed E-state index contributed by atoms with van der Waals surface area (Å²) in [7, 11) is 0. The van der Waals surface area contributed by atoms with E-state index in [1.807, 2.05) is 13.8 Å². The number of aliphatic hydroxyl groups excluding tert-OH is 5. The van der Waals surface area contributed by atoms with Crippen LogP contribution < -0.4 is 26.6 Å². The molecule has 0 radical (unpaired) electrons. The van der Waals surface area contributed by atoms with Gasteiger partial charge in [0, 0.05) is 73.2 Å². The maximum Gasteiger partial charge on any atom is 0.250 e. The van der Waals surface area contributed by atoms with Crippen molar-refractivity contribution in [2.24, 2.45) is 11.8 Å². The van der Waals surface area contributed by atoms with E-state index in [0.717, 1.165) is 62.9 Å². The summed E-state index contributed by atoms with van der Waals surface area (Å²) < 4.78 is 29.9. The van der Waals surface area contributed by atoms with Crippen molar-refractivity contribution >= 4 is 146 Å². The molecule has 10 rings (SSSR count). The lowest BCUT2D eigenvalue weighted by molar-refractivity contribution is -0.118. The molecule has 105 heavy (non-hydrogen) atoms. The van der Waals surface area contributed by atoms with Gasteiger partial charge in [0.15, 0.2) is 12.5 Å². The number of carbonyl (C=O) groups excluding carboxylic acids is 5. The largest absolute Gasteiger partial charge is 0.390 e. The molecule has 20 atom stereocenters. The summed E-state index contributed by atoms with van der Waals surface area (Å²) in [5, 5.41) is 64.4. The van der Waals surface area contributed by atoms with Gasteiger partial charge in [0.05, 0.1) is 63.7 Å². The Morgan fingerprint density at radius 3 is 0.895 bits per heavy atom. The topological polar surface area (TPSA) is 309 Å². The SMILES string of the molecule is C=C1NC(=O)C=CN1C1O[C@H](CCP(=C)(C)C)[C@@H](O)[C@H]1Br.C=C1NC(=O)C=CN1C1O[C@H](CCP(=C)(C)C)[C@@H](O)[C@H]1C.C=C1NC(=O)C=CN1C1O[C@H](CCP(=C)(C)C)[C@@H](O)[C@H]1C.C=C1NC(=O)C=CN1C1O[C@H](CCP(=C)(C)C)[C@@H](O)[C@H]1Cl.C=C1NC(=O)C=CN1C1O[C@H](CCP(=C)(C)C)[C@@H](O)[C@H]1I. The number of alkyl halides is 3. The Balaban J connectivity index is 0.000000206. The van der Waals surface area contributed by atoms with E-state index in [1.54, 1.807) is 55.5 Å². The quantitative estimate of drug-likeness (QED) is 0.0359. The second kappa shape index (κ2) is 38.0. The Hall–Kier alpha value is -3.65. The molecule has 10 aliphatic rings. The summed E-state index contributed by atoms with van der Waals surface area (Å²) in [5.41, 5.74) is 0. The number of aliphatic hydroxyl groups is 5. The summed E-state index contributed by atoms with van der Waals surface area (Å²) in [5.74, 6) is 1.16. The van der Waals surface area contributed by atoms with Crippen LogP contribution in [0.1, 0.15) is 46.0 Å². The minimum absolute atomic E-state index is 0.0577. The summed E-state index contributed by atoms with van der Waals surface area (Å²) in [6.07, 6.45) is 39.1. The molecular weight excluding hydrogens is 1640 g/mol. The molecule has 5 amide bonds. The van der Waals surface area contributed by atoms with Crippen LogP contribution >= 0.6 is 84.6 Å². The van der Waals surface area contributed by atoms with Crippen LogP contribution in [0.2, 0.25) is 0 Å². The highest BCUT2D eigenvalue weighted by Crippen LogP contribution is 2.45. The number of amides is 5. The number of hydrogen-bond acceptors (Lipinski definition) is 20. The third kappa shape index (κ3) is 26.5. The Morgan fingerprint density at radius 1 is 0.390 bits per heavy atom. The highest BCUT2D eigenvalue weighted by atomic mass is 127. The lowest BCUT2D eigenvalue weighted by atomic mass is 10.00. The van der Waals surface area contributed by atoms with Gasteiger partial charge in [-0.3, -0.25) is 24.0 Å². The van der Waals surface area contributed by atoms with Crippen molar-refractivity contribution in [2.75, 3.05) is 97.5 Å². The van der Waals surface area contributed by atoms with E-state index in [-0.39, 0.29) is 106 Å². The Bertz CT molecular complexity index is 3110. The van der Waals surface area contributed by atoms with Gasteiger partial charge in [-0.05, 0) is 130 Å². The molecule has 0 aromatic rings. The zero-order chi connectivity index (χ0) is 78.9. The van der Waals surface area contributed by atoms with Crippen LogP contribution in [0.25, 0.3) is 0 Å². The van der Waals surface area contributed by atoms with E-state index < -0.39 is 76.6 Å². The third-order valence-corrected chi connectivity index (χ3v) is 28.7. The molecule has 0 aliphatic carbocycles. The molecular formula is C72H116BrClIN10O15P5. The minimum Gasteiger partial charge on any atom is -0.390 e. The van der Waals surface area contributed by atoms with Crippen LogP contribution in [0.15, 0.2) is 123 Å². The number of ether oxygens (including phenoxy) is 5. The molecule has 5 unspecified atom stereocenters. The summed E-state index contributed by atoms with van der Waals surface area (Å²) in [6.45, 7) is 39.0. The number of nitrogens with zero attached hydrogens (tertiary/aromatic N) is 5. The van der Waals surface area contributed by atoms with Crippen LogP contribution in [0.4, 0.5) is 0 Å². The van der Waals surface area contributed by atoms with Crippen LogP contribution in [0.3, 0.4) is 0 Å². The van der Waals surface area contributed by atoms with Gasteiger partial charge in [-0.1, -0.05) is 85.3 Å². The van der Waals surface area contributed by atoms with Crippen molar-refractivity contribution in [2.45, 2.75) is 152 Å². The molecule has 5 saturated heterocycles. The fraction of sp³-hybridized carbons (Fsp3) is 0.583. The van der Waals surface area contributed by atoms with Crippen molar-refractivity contribution in [3.8, 4) is 0 Å². The second-order valence-corrected chi connectivity index (χ2v) is 56.0. The van der Waals surface area contributed by atoms with Crippen LogP contribution in [-0.4, -0.2) is 315 Å². The maximum absolute atomic E-state index is 11.3. The standard InChI is InChI=1S/2C15H25N2O3P.C14H22BrN2O3P.C14H22ClN2O3P.C14H22IN2O3P/c2*1-10-14(19)12(7-9-21(3,4)5)20-15(10)17-8-6-13(18)16-11(17)2;3*1-9-16-11(18)5-7-17(9)14-12(15)13(19)10(20-14)6-8-21(2,3)4/h2*6,8,10,12,14-15,19H,2-3,7,9H2,1,4-5H3,(H,16,18);3*5,7,10,12-14,19H,1-2,6,8H2,3-4H3,(H,16,18)/t2*10-,12-,14+,15?;3*10-,12-,13-,14?/m11111/s1. The van der Waals surface area contributed by atoms with E-state index in [1.165, 1.54) is 30.4 Å². The molecule has 10 aliphatic heterocycles. The fourth-order valence-corrected chi connectivity index (χ4v) is 19.2. The smallest absolute Gasteiger partial charge is 0.250 e. The molecule has 590 valence electrons. The molecule has 0 aromatic heterocycles. The minimum atomic E-state index is -1.17. The lowest BCUT2D eigenvalue weighted by Gasteiger charge is -2.33. The molecule has 0 spiro atoms. The number of halogens is 3. The molecule has 33 heteroatoms. The number of nitrogens with one attached hydrogen (secondary N) is 5. The van der Waals surface area contributed by atoms with E-state index in [0.29, 0.717) is 29.1 Å². The van der Waals surface area contributed by atoms with E-state index in [4.69, 9.17) is 35.3 Å².